The number of ether oxygens (including phenoxy) is 1. The van der Waals surface area contributed by atoms with Crippen LogP contribution >= 0.6 is 34.2 Å². The van der Waals surface area contributed by atoms with Crippen molar-refractivity contribution in [3.63, 3.8) is 0 Å². The summed E-state index contributed by atoms with van der Waals surface area (Å²) in [7, 11) is 0. The smallest absolute Gasteiger partial charge is 0.103 e. The van der Waals surface area contributed by atoms with Crippen LogP contribution in [0.3, 0.4) is 0 Å². The van der Waals surface area contributed by atoms with E-state index in [-0.39, 0.29) is 11.1 Å². The molecule has 8 rings (SSSR count). The number of aromatic nitrogens is 4. The van der Waals surface area contributed by atoms with Crippen molar-refractivity contribution in [3.05, 3.63) is 35.7 Å². The second kappa shape index (κ2) is 6.61. The lowest BCUT2D eigenvalue weighted by Crippen LogP contribution is -2.69. The highest BCUT2D eigenvalue weighted by Gasteiger charge is 2.68. The zero-order chi connectivity index (χ0) is 21.7. The highest BCUT2D eigenvalue weighted by Crippen LogP contribution is 2.69. The van der Waals surface area contributed by atoms with E-state index in [0.29, 0.717) is 3.42 Å². The van der Waals surface area contributed by atoms with Gasteiger partial charge in [-0.1, -0.05) is 34.2 Å². The fourth-order valence-electron chi connectivity index (χ4n) is 6.09. The van der Waals surface area contributed by atoms with Gasteiger partial charge in [0.1, 0.15) is 5.69 Å². The maximum atomic E-state index is 6.74. The molecule has 2 saturated heterocycles. The number of alkyl halides is 1. The molecule has 3 aliphatic carbocycles. The van der Waals surface area contributed by atoms with E-state index in [1.807, 2.05) is 17.1 Å². The average molecular weight is 565 g/mol. The van der Waals surface area contributed by atoms with E-state index in [1.54, 1.807) is 0 Å². The first kappa shape index (κ1) is 20.1. The largest absolute Gasteiger partial charge is 0.377 e. The lowest BCUT2D eigenvalue weighted by Gasteiger charge is -2.67. The van der Waals surface area contributed by atoms with Crippen LogP contribution in [-0.2, 0) is 10.3 Å². The molecule has 7 nitrogen and oxygen atoms in total. The molecule has 2 bridgehead atoms. The number of rotatable bonds is 4. The highest BCUT2D eigenvalue weighted by atomic mass is 127. The molecule has 5 fully saturated rings. The van der Waals surface area contributed by atoms with Crippen molar-refractivity contribution in [1.82, 2.24) is 24.5 Å². The quantitative estimate of drug-likeness (QED) is 0.356. The molecule has 5 aliphatic rings. The Balaban J connectivity index is 1.17. The van der Waals surface area contributed by atoms with Crippen LogP contribution in [0.2, 0.25) is 5.02 Å². The predicted octanol–water partition coefficient (Wildman–Crippen LogP) is 3.85. The molecule has 1 aromatic carbocycles. The number of hydrogen-bond donors (Lipinski definition) is 0. The molecule has 2 aromatic heterocycles. The van der Waals surface area contributed by atoms with Gasteiger partial charge in [0, 0.05) is 35.0 Å². The van der Waals surface area contributed by atoms with E-state index in [9.17, 15) is 0 Å². The Labute approximate surface area is 205 Å². The number of hydrogen-bond acceptors (Lipinski definition) is 5. The van der Waals surface area contributed by atoms with Gasteiger partial charge in [-0.3, -0.25) is 9.58 Å². The van der Waals surface area contributed by atoms with Crippen molar-refractivity contribution >= 4 is 50.8 Å². The molecule has 2 aliphatic heterocycles. The predicted molar refractivity (Wildman–Crippen MR) is 133 cm³/mol. The van der Waals surface area contributed by atoms with Gasteiger partial charge in [-0.25, -0.2) is 4.68 Å². The van der Waals surface area contributed by atoms with Crippen molar-refractivity contribution in [2.45, 2.75) is 40.7 Å². The van der Waals surface area contributed by atoms with Crippen molar-refractivity contribution in [2.75, 3.05) is 44.3 Å². The summed E-state index contributed by atoms with van der Waals surface area (Å²) >= 11 is 9.35. The monoisotopic (exact) mass is 564 g/mol. The third-order valence-electron chi connectivity index (χ3n) is 8.08. The molecule has 32 heavy (non-hydrogen) atoms. The minimum absolute atomic E-state index is 0.204. The fraction of sp³-hybridized carbons (Fsp3) is 0.565. The topological polar surface area (TPSA) is 51.3 Å². The number of fused-ring (bicyclic) bond motifs is 1. The Morgan fingerprint density at radius 1 is 1.03 bits per heavy atom. The minimum atomic E-state index is 0.204. The van der Waals surface area contributed by atoms with Crippen LogP contribution in [0.25, 0.3) is 16.6 Å². The van der Waals surface area contributed by atoms with Crippen LogP contribution in [0.4, 0.5) is 5.69 Å². The highest BCUT2D eigenvalue weighted by molar-refractivity contribution is 14.1. The summed E-state index contributed by atoms with van der Waals surface area (Å²) < 4.78 is 10.2. The number of halogens is 2. The Bertz CT molecular complexity index is 1200. The van der Waals surface area contributed by atoms with E-state index < -0.39 is 0 Å². The SMILES string of the molecule is CC1(N2CCN(c3cc4c(cnn4-c4cnn(C56CC(I)(C5)C6)c4)cc3Cl)CC2)COC1. The van der Waals surface area contributed by atoms with E-state index in [0.717, 1.165) is 66.7 Å². The minimum Gasteiger partial charge on any atom is -0.377 e. The summed E-state index contributed by atoms with van der Waals surface area (Å²) in [5.41, 5.74) is 3.64. The Morgan fingerprint density at radius 2 is 1.78 bits per heavy atom. The third-order valence-corrected chi connectivity index (χ3v) is 9.53. The molecule has 0 atom stereocenters. The van der Waals surface area contributed by atoms with Gasteiger partial charge in [0.15, 0.2) is 0 Å². The van der Waals surface area contributed by atoms with Crippen LogP contribution < -0.4 is 4.90 Å². The van der Waals surface area contributed by atoms with Crippen molar-refractivity contribution < 1.29 is 4.74 Å². The Hall–Kier alpha value is -1.36. The van der Waals surface area contributed by atoms with E-state index in [1.165, 1.54) is 19.3 Å². The lowest BCUT2D eigenvalue weighted by molar-refractivity contribution is -0.131. The van der Waals surface area contributed by atoms with E-state index >= 15 is 0 Å². The molecular formula is C23H26ClIN6O. The van der Waals surface area contributed by atoms with Gasteiger partial charge < -0.3 is 9.64 Å². The fourth-order valence-corrected chi connectivity index (χ4v) is 8.51. The number of benzene rings is 1. The first-order valence-corrected chi connectivity index (χ1v) is 12.8. The molecule has 0 amide bonds. The van der Waals surface area contributed by atoms with Crippen LogP contribution in [0.1, 0.15) is 26.2 Å². The molecule has 168 valence electrons. The standard InChI is InChI=1S/C23H26ClIN6O/c1-21(14-32-15-21)29-4-2-28(3-5-29)20-7-19-16(6-18(20)24)8-27-31(19)17-9-26-30(10-17)23-11-22(25,12-23)13-23/h6-10H,2-5,11-15H2,1H3. The van der Waals surface area contributed by atoms with Gasteiger partial charge in [-0.05, 0) is 38.3 Å². The molecule has 3 aromatic rings. The van der Waals surface area contributed by atoms with Crippen LogP contribution in [0.15, 0.2) is 30.7 Å². The third kappa shape index (κ3) is 2.78. The van der Waals surface area contributed by atoms with Gasteiger partial charge in [-0.2, -0.15) is 10.2 Å². The summed E-state index contributed by atoms with van der Waals surface area (Å²) in [4.78, 5) is 4.96. The van der Waals surface area contributed by atoms with E-state index in [2.05, 4.69) is 67.4 Å². The molecule has 9 heteroatoms. The number of nitrogens with zero attached hydrogens (tertiary/aromatic N) is 6. The zero-order valence-corrected chi connectivity index (χ0v) is 21.0. The lowest BCUT2D eigenvalue weighted by atomic mass is 9.50. The summed E-state index contributed by atoms with van der Waals surface area (Å²) in [5, 5.41) is 11.2. The van der Waals surface area contributed by atoms with Crippen molar-refractivity contribution in [1.29, 1.82) is 0 Å². The number of piperazine rings is 1. The van der Waals surface area contributed by atoms with Gasteiger partial charge in [0.25, 0.3) is 0 Å². The van der Waals surface area contributed by atoms with Gasteiger partial charge in [0.05, 0.1) is 59.1 Å². The van der Waals surface area contributed by atoms with Crippen LogP contribution in [0, 0.1) is 0 Å². The zero-order valence-electron chi connectivity index (χ0n) is 18.1. The maximum absolute atomic E-state index is 6.74. The molecule has 0 N–H and O–H groups in total. The summed E-state index contributed by atoms with van der Waals surface area (Å²) in [6.07, 6.45) is 9.71. The maximum Gasteiger partial charge on any atom is 0.103 e. The first-order chi connectivity index (χ1) is 15.4. The molecular weight excluding hydrogens is 539 g/mol. The van der Waals surface area contributed by atoms with Crippen LogP contribution in [0.5, 0.6) is 0 Å². The van der Waals surface area contributed by atoms with Gasteiger partial charge >= 0.3 is 0 Å². The van der Waals surface area contributed by atoms with Crippen molar-refractivity contribution in [3.8, 4) is 5.69 Å². The van der Waals surface area contributed by atoms with E-state index in [4.69, 9.17) is 21.4 Å². The molecule has 4 heterocycles. The Morgan fingerprint density at radius 3 is 2.44 bits per heavy atom. The van der Waals surface area contributed by atoms with Crippen LogP contribution in [-0.4, -0.2) is 72.8 Å². The average Bonchev–Trinajstić information content (AvgIpc) is 3.35. The summed E-state index contributed by atoms with van der Waals surface area (Å²) in [6.45, 7) is 7.97. The summed E-state index contributed by atoms with van der Waals surface area (Å²) in [5.74, 6) is 0. The second-order valence-corrected chi connectivity index (χ2v) is 13.1. The van der Waals surface area contributed by atoms with Gasteiger partial charge in [-0.15, -0.1) is 0 Å². The normalized spacial score (nSPS) is 31.3. The van der Waals surface area contributed by atoms with Crippen molar-refractivity contribution in [2.24, 2.45) is 0 Å². The molecule has 0 spiro atoms. The summed E-state index contributed by atoms with van der Waals surface area (Å²) in [6, 6.07) is 4.25. The first-order valence-electron chi connectivity index (χ1n) is 11.4. The van der Waals surface area contributed by atoms with Gasteiger partial charge in [0.2, 0.25) is 0 Å². The molecule has 0 radical (unpaired) electrons. The molecule has 0 unspecified atom stereocenters. The molecule has 3 saturated carbocycles. The second-order valence-electron chi connectivity index (χ2n) is 10.4. The number of anilines is 1. The Kier molecular flexibility index (Phi) is 4.14.